The van der Waals surface area contributed by atoms with Crippen LogP contribution >= 0.6 is 11.8 Å². The summed E-state index contributed by atoms with van der Waals surface area (Å²) >= 11 is 2.01. The monoisotopic (exact) mass is 300 g/mol. The van der Waals surface area contributed by atoms with Crippen LogP contribution in [0.3, 0.4) is 0 Å². The standard InChI is InChI=1S/C13H20N2O2S2/c1-10-8-12(9-18-10)15-7-6-11-2-4-13(5-3-11)19(14,16)17/h2-5,10,12,15H,6-9H2,1H3,(H2,14,16,17). The molecule has 0 bridgehead atoms. The van der Waals surface area contributed by atoms with E-state index in [1.165, 1.54) is 12.2 Å². The van der Waals surface area contributed by atoms with Gasteiger partial charge in [0.25, 0.3) is 0 Å². The molecule has 1 saturated heterocycles. The molecular formula is C13H20N2O2S2. The van der Waals surface area contributed by atoms with Crippen molar-refractivity contribution in [1.82, 2.24) is 5.32 Å². The lowest BCUT2D eigenvalue weighted by atomic mass is 10.1. The van der Waals surface area contributed by atoms with Gasteiger partial charge < -0.3 is 5.32 Å². The largest absolute Gasteiger partial charge is 0.313 e. The van der Waals surface area contributed by atoms with Crippen molar-refractivity contribution < 1.29 is 8.42 Å². The Morgan fingerprint density at radius 3 is 2.58 bits per heavy atom. The van der Waals surface area contributed by atoms with Gasteiger partial charge in [0.2, 0.25) is 10.0 Å². The van der Waals surface area contributed by atoms with E-state index >= 15 is 0 Å². The molecule has 106 valence electrons. The van der Waals surface area contributed by atoms with Gasteiger partial charge in [-0.15, -0.1) is 0 Å². The minimum absolute atomic E-state index is 0.172. The first-order valence-corrected chi connectivity index (χ1v) is 9.01. The average Bonchev–Trinajstić information content (AvgIpc) is 2.75. The molecule has 1 aliphatic rings. The normalized spacial score (nSPS) is 23.7. The molecule has 6 heteroatoms. The minimum atomic E-state index is -3.58. The molecule has 19 heavy (non-hydrogen) atoms. The molecular weight excluding hydrogens is 280 g/mol. The number of rotatable bonds is 5. The summed E-state index contributed by atoms with van der Waals surface area (Å²) in [5, 5.41) is 9.36. The Morgan fingerprint density at radius 2 is 2.05 bits per heavy atom. The molecule has 2 rings (SSSR count). The van der Waals surface area contributed by atoms with Crippen LogP contribution in [-0.4, -0.2) is 32.0 Å². The van der Waals surface area contributed by atoms with Crippen molar-refractivity contribution >= 4 is 21.8 Å². The van der Waals surface area contributed by atoms with E-state index in [0.717, 1.165) is 23.8 Å². The van der Waals surface area contributed by atoms with Crippen molar-refractivity contribution in [2.75, 3.05) is 12.3 Å². The fourth-order valence-corrected chi connectivity index (χ4v) is 3.92. The molecule has 1 aromatic carbocycles. The molecule has 1 heterocycles. The topological polar surface area (TPSA) is 72.2 Å². The van der Waals surface area contributed by atoms with Gasteiger partial charge in [-0.2, -0.15) is 11.8 Å². The summed E-state index contributed by atoms with van der Waals surface area (Å²) in [7, 11) is -3.58. The highest BCUT2D eigenvalue weighted by Crippen LogP contribution is 2.25. The van der Waals surface area contributed by atoms with Gasteiger partial charge in [-0.3, -0.25) is 0 Å². The van der Waals surface area contributed by atoms with Crippen molar-refractivity contribution in [3.63, 3.8) is 0 Å². The maximum atomic E-state index is 11.1. The highest BCUT2D eigenvalue weighted by molar-refractivity contribution is 8.00. The smallest absolute Gasteiger partial charge is 0.238 e. The van der Waals surface area contributed by atoms with Crippen molar-refractivity contribution in [2.24, 2.45) is 5.14 Å². The van der Waals surface area contributed by atoms with Crippen LogP contribution in [-0.2, 0) is 16.4 Å². The molecule has 3 N–H and O–H groups in total. The van der Waals surface area contributed by atoms with Crippen LogP contribution in [0.5, 0.6) is 0 Å². The third kappa shape index (κ3) is 4.49. The molecule has 0 radical (unpaired) electrons. The SMILES string of the molecule is CC1CC(NCCc2ccc(S(N)(=O)=O)cc2)CS1. The summed E-state index contributed by atoms with van der Waals surface area (Å²) in [5.74, 6) is 1.19. The maximum Gasteiger partial charge on any atom is 0.238 e. The number of thioether (sulfide) groups is 1. The van der Waals surface area contributed by atoms with Gasteiger partial charge in [-0.05, 0) is 37.1 Å². The Hall–Kier alpha value is -0.560. The zero-order valence-corrected chi connectivity index (χ0v) is 12.6. The van der Waals surface area contributed by atoms with Crippen LogP contribution in [0.2, 0.25) is 0 Å². The van der Waals surface area contributed by atoms with E-state index in [2.05, 4.69) is 12.2 Å². The number of nitrogens with two attached hydrogens (primary N) is 1. The van der Waals surface area contributed by atoms with Gasteiger partial charge in [0, 0.05) is 17.0 Å². The summed E-state index contributed by atoms with van der Waals surface area (Å²) in [6.07, 6.45) is 2.13. The number of benzene rings is 1. The van der Waals surface area contributed by atoms with E-state index in [9.17, 15) is 8.42 Å². The van der Waals surface area contributed by atoms with Gasteiger partial charge >= 0.3 is 0 Å². The molecule has 1 fully saturated rings. The summed E-state index contributed by atoms with van der Waals surface area (Å²) in [5.41, 5.74) is 1.12. The maximum absolute atomic E-state index is 11.1. The first-order chi connectivity index (χ1) is 8.95. The second-order valence-corrected chi connectivity index (χ2v) is 8.00. The first-order valence-electron chi connectivity index (χ1n) is 6.42. The van der Waals surface area contributed by atoms with E-state index in [1.807, 2.05) is 23.9 Å². The van der Waals surface area contributed by atoms with E-state index < -0.39 is 10.0 Å². The molecule has 2 unspecified atom stereocenters. The van der Waals surface area contributed by atoms with Crippen LogP contribution in [0.1, 0.15) is 18.9 Å². The zero-order valence-electron chi connectivity index (χ0n) is 11.0. The fourth-order valence-electron chi connectivity index (χ4n) is 2.23. The first kappa shape index (κ1) is 14.8. The number of nitrogens with one attached hydrogen (secondary N) is 1. The molecule has 1 aliphatic heterocycles. The lowest BCUT2D eigenvalue weighted by molar-refractivity contribution is 0.541. The molecule has 1 aromatic rings. The predicted octanol–water partition coefficient (Wildman–Crippen LogP) is 1.36. The van der Waals surface area contributed by atoms with Crippen molar-refractivity contribution in [3.05, 3.63) is 29.8 Å². The van der Waals surface area contributed by atoms with E-state index in [4.69, 9.17) is 5.14 Å². The third-order valence-corrected chi connectivity index (χ3v) is 5.58. The van der Waals surface area contributed by atoms with E-state index in [1.54, 1.807) is 12.1 Å². The molecule has 0 amide bonds. The van der Waals surface area contributed by atoms with Crippen LogP contribution in [0.25, 0.3) is 0 Å². The highest BCUT2D eigenvalue weighted by Gasteiger charge is 2.20. The predicted molar refractivity (Wildman–Crippen MR) is 79.8 cm³/mol. The minimum Gasteiger partial charge on any atom is -0.313 e. The summed E-state index contributed by atoms with van der Waals surface area (Å²) in [6, 6.07) is 7.40. The van der Waals surface area contributed by atoms with Crippen LogP contribution < -0.4 is 10.5 Å². The van der Waals surface area contributed by atoms with Gasteiger partial charge in [-0.25, -0.2) is 13.6 Å². The fraction of sp³-hybridized carbons (Fsp3) is 0.538. The Labute approximate surface area is 119 Å². The molecule has 4 nitrogen and oxygen atoms in total. The Kier molecular flexibility index (Phi) is 4.89. The molecule has 2 atom stereocenters. The molecule has 0 aromatic heterocycles. The number of hydrogen-bond acceptors (Lipinski definition) is 4. The second kappa shape index (κ2) is 6.26. The quantitative estimate of drug-likeness (QED) is 0.861. The summed E-state index contributed by atoms with van der Waals surface area (Å²) in [4.78, 5) is 0.172. The van der Waals surface area contributed by atoms with Crippen molar-refractivity contribution in [2.45, 2.75) is 36.0 Å². The van der Waals surface area contributed by atoms with E-state index in [0.29, 0.717) is 6.04 Å². The lowest BCUT2D eigenvalue weighted by Gasteiger charge is -2.11. The third-order valence-electron chi connectivity index (χ3n) is 3.30. The van der Waals surface area contributed by atoms with Crippen molar-refractivity contribution in [3.8, 4) is 0 Å². The van der Waals surface area contributed by atoms with E-state index in [-0.39, 0.29) is 4.90 Å². The number of primary sulfonamides is 1. The van der Waals surface area contributed by atoms with Crippen LogP contribution in [0.15, 0.2) is 29.2 Å². The lowest BCUT2D eigenvalue weighted by Crippen LogP contribution is -2.30. The Balaban J connectivity index is 1.80. The Bertz CT molecular complexity index is 514. The van der Waals surface area contributed by atoms with Gasteiger partial charge in [0.05, 0.1) is 4.90 Å². The second-order valence-electron chi connectivity index (χ2n) is 4.97. The zero-order chi connectivity index (χ0) is 13.9. The molecule has 0 spiro atoms. The highest BCUT2D eigenvalue weighted by atomic mass is 32.2. The van der Waals surface area contributed by atoms with Crippen LogP contribution in [0.4, 0.5) is 0 Å². The average molecular weight is 300 g/mol. The summed E-state index contributed by atoms with van der Waals surface area (Å²) < 4.78 is 22.3. The molecule has 0 aliphatic carbocycles. The summed E-state index contributed by atoms with van der Waals surface area (Å²) in [6.45, 7) is 3.19. The number of hydrogen-bond donors (Lipinski definition) is 2. The Morgan fingerprint density at radius 1 is 1.37 bits per heavy atom. The number of sulfonamides is 1. The van der Waals surface area contributed by atoms with Gasteiger partial charge in [0.15, 0.2) is 0 Å². The van der Waals surface area contributed by atoms with Crippen molar-refractivity contribution in [1.29, 1.82) is 0 Å². The van der Waals surface area contributed by atoms with Crippen LogP contribution in [0, 0.1) is 0 Å². The molecule has 0 saturated carbocycles. The van der Waals surface area contributed by atoms with Gasteiger partial charge in [0.1, 0.15) is 0 Å². The van der Waals surface area contributed by atoms with Gasteiger partial charge in [-0.1, -0.05) is 19.1 Å².